The van der Waals surface area contributed by atoms with Crippen molar-refractivity contribution in [2.24, 2.45) is 0 Å². The van der Waals surface area contributed by atoms with Gasteiger partial charge in [0.2, 0.25) is 5.91 Å². The molecule has 1 saturated heterocycles. The fourth-order valence-electron chi connectivity index (χ4n) is 4.67. The number of likely N-dealkylation sites (tertiary alicyclic amines) is 1. The molecule has 1 amide bonds. The van der Waals surface area contributed by atoms with Crippen molar-refractivity contribution in [2.75, 3.05) is 11.4 Å². The molecule has 3 aliphatic rings. The van der Waals surface area contributed by atoms with E-state index < -0.39 is 6.36 Å². The minimum absolute atomic E-state index is 0.0146. The number of halogens is 3. The molecule has 31 heavy (non-hydrogen) atoms. The molecule has 2 unspecified atom stereocenters. The smallest absolute Gasteiger partial charge is 0.487 e. The third kappa shape index (κ3) is 4.08. The van der Waals surface area contributed by atoms with E-state index in [1.165, 1.54) is 18.6 Å². The van der Waals surface area contributed by atoms with Gasteiger partial charge in [-0.15, -0.1) is 13.2 Å². The number of anilines is 1. The van der Waals surface area contributed by atoms with Crippen molar-refractivity contribution in [3.05, 3.63) is 54.1 Å². The van der Waals surface area contributed by atoms with Crippen molar-refractivity contribution in [1.82, 2.24) is 4.90 Å². The van der Waals surface area contributed by atoms with Crippen LogP contribution in [0, 0.1) is 0 Å². The Morgan fingerprint density at radius 3 is 2.48 bits per heavy atom. The largest absolute Gasteiger partial charge is 0.573 e. The first kappa shape index (κ1) is 20.2. The predicted molar refractivity (Wildman–Crippen MR) is 108 cm³/mol. The lowest BCUT2D eigenvalue weighted by molar-refractivity contribution is -0.274. The Labute approximate surface area is 178 Å². The van der Waals surface area contributed by atoms with Gasteiger partial charge in [0.25, 0.3) is 0 Å². The van der Waals surface area contributed by atoms with Crippen LogP contribution in [0.15, 0.2) is 48.5 Å². The Bertz CT molecular complexity index is 959. The molecule has 5 rings (SSSR count). The molecule has 0 N–H and O–H groups in total. The van der Waals surface area contributed by atoms with Crippen molar-refractivity contribution in [2.45, 2.75) is 56.8 Å². The number of hydrogen-bond acceptors (Lipinski definition) is 4. The fraction of sp³-hybridized carbons (Fsp3) is 0.435. The Balaban J connectivity index is 1.44. The number of alkyl halides is 3. The Kier molecular flexibility index (Phi) is 5.04. The van der Waals surface area contributed by atoms with Crippen molar-refractivity contribution >= 4 is 11.6 Å². The number of amides is 1. The number of rotatable bonds is 4. The highest BCUT2D eigenvalue weighted by Gasteiger charge is 2.46. The lowest BCUT2D eigenvalue weighted by atomic mass is 9.91. The summed E-state index contributed by atoms with van der Waals surface area (Å²) < 4.78 is 47.6. The molecule has 1 saturated carbocycles. The maximum Gasteiger partial charge on any atom is 0.573 e. The number of benzene rings is 2. The third-order valence-corrected chi connectivity index (χ3v) is 6.34. The summed E-state index contributed by atoms with van der Waals surface area (Å²) in [7, 11) is 0. The summed E-state index contributed by atoms with van der Waals surface area (Å²) in [6, 6.07) is 13.3. The molecule has 8 heteroatoms. The Morgan fingerprint density at radius 1 is 1.06 bits per heavy atom. The summed E-state index contributed by atoms with van der Waals surface area (Å²) in [5, 5.41) is 0. The minimum Gasteiger partial charge on any atom is -0.487 e. The van der Waals surface area contributed by atoms with Gasteiger partial charge in [-0.2, -0.15) is 0 Å². The van der Waals surface area contributed by atoms with Gasteiger partial charge in [-0.25, -0.2) is 0 Å². The number of ether oxygens (including phenoxy) is 2. The molecule has 2 bridgehead atoms. The van der Waals surface area contributed by atoms with Gasteiger partial charge >= 0.3 is 6.36 Å². The number of fused-ring (bicyclic) bond motifs is 3. The second-order valence-corrected chi connectivity index (χ2v) is 8.36. The van der Waals surface area contributed by atoms with Crippen LogP contribution in [-0.2, 0) is 11.3 Å². The summed E-state index contributed by atoms with van der Waals surface area (Å²) in [5.41, 5.74) is 1.40. The summed E-state index contributed by atoms with van der Waals surface area (Å²) in [6.45, 7) is 0.984. The Hall–Kier alpha value is -2.74. The van der Waals surface area contributed by atoms with E-state index in [-0.39, 0.29) is 30.3 Å². The number of hydrogen-bond donors (Lipinski definition) is 0. The van der Waals surface area contributed by atoms with Gasteiger partial charge in [0, 0.05) is 19.0 Å². The fourth-order valence-corrected chi connectivity index (χ4v) is 4.67. The molecule has 2 atom stereocenters. The van der Waals surface area contributed by atoms with Crippen molar-refractivity contribution in [1.29, 1.82) is 0 Å². The number of nitrogens with zero attached hydrogens (tertiary/aromatic N) is 2. The normalized spacial score (nSPS) is 24.1. The average molecular weight is 432 g/mol. The molecule has 2 fully saturated rings. The van der Waals surface area contributed by atoms with E-state index >= 15 is 0 Å². The maximum atomic E-state index is 13.7. The third-order valence-electron chi connectivity index (χ3n) is 6.34. The first-order valence-corrected chi connectivity index (χ1v) is 10.5. The summed E-state index contributed by atoms with van der Waals surface area (Å²) >= 11 is 0. The van der Waals surface area contributed by atoms with Gasteiger partial charge in [-0.05, 0) is 42.7 Å². The summed E-state index contributed by atoms with van der Waals surface area (Å²) in [5.74, 6) is 0.390. The monoisotopic (exact) mass is 432 g/mol. The van der Waals surface area contributed by atoms with Crippen molar-refractivity contribution < 1.29 is 27.4 Å². The number of carbonyl (C=O) groups excluding carboxylic acids is 1. The molecule has 2 heterocycles. The van der Waals surface area contributed by atoms with Crippen molar-refractivity contribution in [3.63, 3.8) is 0 Å². The van der Waals surface area contributed by atoms with E-state index in [2.05, 4.69) is 9.64 Å². The van der Waals surface area contributed by atoms with Gasteiger partial charge in [0.05, 0.1) is 18.3 Å². The van der Waals surface area contributed by atoms with Crippen LogP contribution in [0.2, 0.25) is 0 Å². The maximum absolute atomic E-state index is 13.7. The van der Waals surface area contributed by atoms with Crippen LogP contribution in [-0.4, -0.2) is 41.9 Å². The molecule has 2 aromatic carbocycles. The Morgan fingerprint density at radius 2 is 1.81 bits per heavy atom. The predicted octanol–water partition coefficient (Wildman–Crippen LogP) is 4.51. The van der Waals surface area contributed by atoms with Crippen LogP contribution >= 0.6 is 0 Å². The lowest BCUT2D eigenvalue weighted by Crippen LogP contribution is -2.51. The SMILES string of the molecule is O=C1C2CC(CN2C2CCC2)Oc2ccccc2N1Cc1ccc(OC(F)(F)F)cc1. The van der Waals surface area contributed by atoms with E-state index in [1.54, 1.807) is 17.0 Å². The van der Waals surface area contributed by atoms with E-state index in [1.807, 2.05) is 24.3 Å². The highest BCUT2D eigenvalue weighted by atomic mass is 19.4. The lowest BCUT2D eigenvalue weighted by Gasteiger charge is -2.39. The minimum atomic E-state index is -4.74. The topological polar surface area (TPSA) is 42.0 Å². The van der Waals surface area contributed by atoms with Gasteiger partial charge in [0.1, 0.15) is 17.6 Å². The second kappa shape index (κ2) is 7.75. The van der Waals surface area contributed by atoms with Crippen LogP contribution in [0.4, 0.5) is 18.9 Å². The van der Waals surface area contributed by atoms with E-state index in [0.717, 1.165) is 19.4 Å². The zero-order chi connectivity index (χ0) is 21.6. The van der Waals surface area contributed by atoms with E-state index in [4.69, 9.17) is 4.74 Å². The molecule has 1 aliphatic carbocycles. The summed E-state index contributed by atoms with van der Waals surface area (Å²) in [4.78, 5) is 17.7. The zero-order valence-electron chi connectivity index (χ0n) is 16.8. The first-order chi connectivity index (χ1) is 14.9. The molecule has 0 aromatic heterocycles. The van der Waals surface area contributed by atoms with Crippen LogP contribution < -0.4 is 14.4 Å². The number of carbonyl (C=O) groups is 1. The molecule has 5 nitrogen and oxygen atoms in total. The quantitative estimate of drug-likeness (QED) is 0.713. The van der Waals surface area contributed by atoms with Gasteiger partial charge in [-0.3, -0.25) is 9.69 Å². The average Bonchev–Trinajstić information content (AvgIpc) is 3.08. The summed E-state index contributed by atoms with van der Waals surface area (Å²) in [6.07, 6.45) is -0.714. The molecule has 2 aliphatic heterocycles. The van der Waals surface area contributed by atoms with Crippen LogP contribution in [0.1, 0.15) is 31.2 Å². The van der Waals surface area contributed by atoms with E-state index in [0.29, 0.717) is 29.5 Å². The van der Waals surface area contributed by atoms with Crippen LogP contribution in [0.25, 0.3) is 0 Å². The molecule has 2 aromatic rings. The molecular weight excluding hydrogens is 409 g/mol. The van der Waals surface area contributed by atoms with Crippen LogP contribution in [0.5, 0.6) is 11.5 Å². The first-order valence-electron chi connectivity index (χ1n) is 10.5. The van der Waals surface area contributed by atoms with Gasteiger partial charge in [-0.1, -0.05) is 30.7 Å². The highest BCUT2D eigenvalue weighted by Crippen LogP contribution is 2.40. The second-order valence-electron chi connectivity index (χ2n) is 8.36. The van der Waals surface area contributed by atoms with Gasteiger partial charge < -0.3 is 14.4 Å². The highest BCUT2D eigenvalue weighted by molar-refractivity contribution is 5.99. The zero-order valence-corrected chi connectivity index (χ0v) is 16.8. The van der Waals surface area contributed by atoms with Crippen molar-refractivity contribution in [3.8, 4) is 11.5 Å². The number of para-hydroxylation sites is 2. The molecular formula is C23H23F3N2O3. The molecule has 0 spiro atoms. The standard InChI is InChI=1S/C23H23F3N2O3/c24-23(25,26)31-17-10-8-15(9-11-17)13-28-19-6-1-2-7-21(19)30-18-12-20(22(28)29)27(14-18)16-4-3-5-16/h1-2,6-11,16,18,20H,3-5,12-14H2. The molecule has 0 radical (unpaired) electrons. The van der Waals surface area contributed by atoms with E-state index in [9.17, 15) is 18.0 Å². The molecule has 164 valence electrons. The van der Waals surface area contributed by atoms with Crippen LogP contribution in [0.3, 0.4) is 0 Å². The van der Waals surface area contributed by atoms with Gasteiger partial charge in [0.15, 0.2) is 0 Å².